The van der Waals surface area contributed by atoms with Gasteiger partial charge < -0.3 is 11.1 Å². The van der Waals surface area contributed by atoms with Gasteiger partial charge in [-0.1, -0.05) is 0 Å². The topological polar surface area (TPSA) is 68.0 Å². The van der Waals surface area contributed by atoms with Crippen LogP contribution in [0.3, 0.4) is 0 Å². The quantitative estimate of drug-likeness (QED) is 0.778. The van der Waals surface area contributed by atoms with Crippen molar-refractivity contribution in [3.05, 3.63) is 24.0 Å². The van der Waals surface area contributed by atoms with Crippen molar-refractivity contribution in [1.82, 2.24) is 10.3 Å². The molecule has 3 N–H and O–H groups in total. The first-order valence-corrected chi connectivity index (χ1v) is 5.19. The summed E-state index contributed by atoms with van der Waals surface area (Å²) in [4.78, 5) is 15.7. The van der Waals surface area contributed by atoms with E-state index in [0.717, 1.165) is 0 Å². The van der Waals surface area contributed by atoms with Gasteiger partial charge in [0.2, 0.25) is 0 Å². The second-order valence-electron chi connectivity index (χ2n) is 4.07. The lowest BCUT2D eigenvalue weighted by Crippen LogP contribution is -2.34. The number of hydrogen-bond acceptors (Lipinski definition) is 3. The molecule has 1 heterocycles. The highest BCUT2D eigenvalue weighted by molar-refractivity contribution is 5.93. The Balaban J connectivity index is 2.00. The molecule has 4 nitrogen and oxygen atoms in total. The van der Waals surface area contributed by atoms with E-state index in [9.17, 15) is 4.79 Å². The molecule has 1 aromatic rings. The van der Waals surface area contributed by atoms with Crippen molar-refractivity contribution >= 4 is 11.6 Å². The standard InChI is InChI=1S/C11H15N3O/c1-7(8-2-3-8)14-11(15)10-6-9(12)4-5-13-10/h4-8H,2-3H2,1H3,(H2,12,13)(H,14,15). The molecule has 0 aliphatic heterocycles. The predicted octanol–water partition coefficient (Wildman–Crippen LogP) is 1.19. The van der Waals surface area contributed by atoms with Gasteiger partial charge in [0.05, 0.1) is 0 Å². The van der Waals surface area contributed by atoms with Crippen LogP contribution < -0.4 is 11.1 Å². The van der Waals surface area contributed by atoms with E-state index in [1.165, 1.54) is 12.8 Å². The molecule has 1 aromatic heterocycles. The van der Waals surface area contributed by atoms with Gasteiger partial charge in [0, 0.05) is 17.9 Å². The van der Waals surface area contributed by atoms with Gasteiger partial charge in [0.1, 0.15) is 5.69 Å². The number of amides is 1. The van der Waals surface area contributed by atoms with E-state index in [0.29, 0.717) is 17.3 Å². The Morgan fingerprint density at radius 3 is 3.00 bits per heavy atom. The molecule has 0 aromatic carbocycles. The van der Waals surface area contributed by atoms with Gasteiger partial charge in [-0.25, -0.2) is 0 Å². The van der Waals surface area contributed by atoms with Crippen LogP contribution >= 0.6 is 0 Å². The molecule has 1 amide bonds. The van der Waals surface area contributed by atoms with Crippen LogP contribution in [-0.4, -0.2) is 16.9 Å². The zero-order valence-corrected chi connectivity index (χ0v) is 8.73. The number of anilines is 1. The number of carbonyl (C=O) groups is 1. The van der Waals surface area contributed by atoms with E-state index >= 15 is 0 Å². The second kappa shape index (κ2) is 3.88. The third-order valence-electron chi connectivity index (χ3n) is 2.70. The van der Waals surface area contributed by atoms with Crippen molar-refractivity contribution in [2.45, 2.75) is 25.8 Å². The molecule has 0 spiro atoms. The number of carbonyl (C=O) groups excluding carboxylic acids is 1. The zero-order chi connectivity index (χ0) is 10.8. The molecule has 1 atom stereocenters. The Hall–Kier alpha value is -1.58. The van der Waals surface area contributed by atoms with Gasteiger partial charge >= 0.3 is 0 Å². The Kier molecular flexibility index (Phi) is 2.58. The summed E-state index contributed by atoms with van der Waals surface area (Å²) >= 11 is 0. The summed E-state index contributed by atoms with van der Waals surface area (Å²) in [5, 5.41) is 2.93. The van der Waals surface area contributed by atoms with Crippen LogP contribution in [0.15, 0.2) is 18.3 Å². The number of aromatic nitrogens is 1. The minimum Gasteiger partial charge on any atom is -0.399 e. The number of nitrogens with two attached hydrogens (primary N) is 1. The smallest absolute Gasteiger partial charge is 0.270 e. The Morgan fingerprint density at radius 2 is 2.40 bits per heavy atom. The summed E-state index contributed by atoms with van der Waals surface area (Å²) in [7, 11) is 0. The number of rotatable bonds is 3. The first kappa shape index (κ1) is 9.96. The fourth-order valence-electron chi connectivity index (χ4n) is 1.57. The fraction of sp³-hybridized carbons (Fsp3) is 0.455. The van der Waals surface area contributed by atoms with Gasteiger partial charge in [-0.05, 0) is 37.8 Å². The lowest BCUT2D eigenvalue weighted by molar-refractivity contribution is 0.0931. The summed E-state index contributed by atoms with van der Waals surface area (Å²) in [5.41, 5.74) is 6.53. The number of pyridine rings is 1. The highest BCUT2D eigenvalue weighted by Crippen LogP contribution is 2.32. The van der Waals surface area contributed by atoms with E-state index < -0.39 is 0 Å². The number of nitrogens with zero attached hydrogens (tertiary/aromatic N) is 1. The van der Waals surface area contributed by atoms with E-state index in [1.54, 1.807) is 18.3 Å². The van der Waals surface area contributed by atoms with Crippen molar-refractivity contribution in [1.29, 1.82) is 0 Å². The Morgan fingerprint density at radius 1 is 1.67 bits per heavy atom. The summed E-state index contributed by atoms with van der Waals surface area (Å²) in [6.07, 6.45) is 3.98. The summed E-state index contributed by atoms with van der Waals surface area (Å²) in [5.74, 6) is 0.511. The second-order valence-corrected chi connectivity index (χ2v) is 4.07. The molecule has 0 radical (unpaired) electrons. The summed E-state index contributed by atoms with van der Waals surface area (Å²) in [6.45, 7) is 2.03. The normalized spacial score (nSPS) is 17.1. The third-order valence-corrected chi connectivity index (χ3v) is 2.70. The largest absolute Gasteiger partial charge is 0.399 e. The molecule has 1 aliphatic rings. The molecule has 1 fully saturated rings. The minimum atomic E-state index is -0.137. The molecular formula is C11H15N3O. The minimum absolute atomic E-state index is 0.137. The van der Waals surface area contributed by atoms with E-state index in [-0.39, 0.29) is 11.9 Å². The zero-order valence-electron chi connectivity index (χ0n) is 8.73. The van der Waals surface area contributed by atoms with Crippen molar-refractivity contribution < 1.29 is 4.79 Å². The van der Waals surface area contributed by atoms with Crippen molar-refractivity contribution in [2.75, 3.05) is 5.73 Å². The molecule has 1 saturated carbocycles. The van der Waals surface area contributed by atoms with Crippen molar-refractivity contribution in [3.63, 3.8) is 0 Å². The van der Waals surface area contributed by atoms with Crippen LogP contribution in [0.2, 0.25) is 0 Å². The fourth-order valence-corrected chi connectivity index (χ4v) is 1.57. The molecule has 1 unspecified atom stereocenters. The molecule has 0 bridgehead atoms. The van der Waals surface area contributed by atoms with Gasteiger partial charge in [-0.3, -0.25) is 9.78 Å². The van der Waals surface area contributed by atoms with Gasteiger partial charge in [0.25, 0.3) is 5.91 Å². The number of nitrogens with one attached hydrogen (secondary N) is 1. The Labute approximate surface area is 88.9 Å². The monoisotopic (exact) mass is 205 g/mol. The van der Waals surface area contributed by atoms with Gasteiger partial charge in [-0.2, -0.15) is 0 Å². The summed E-state index contributed by atoms with van der Waals surface area (Å²) < 4.78 is 0. The predicted molar refractivity (Wildman–Crippen MR) is 58.3 cm³/mol. The van der Waals surface area contributed by atoms with Crippen LogP contribution in [-0.2, 0) is 0 Å². The number of nitrogen functional groups attached to an aromatic ring is 1. The number of hydrogen-bond donors (Lipinski definition) is 2. The van der Waals surface area contributed by atoms with E-state index in [4.69, 9.17) is 5.73 Å². The van der Waals surface area contributed by atoms with E-state index in [2.05, 4.69) is 10.3 Å². The van der Waals surface area contributed by atoms with E-state index in [1.807, 2.05) is 6.92 Å². The van der Waals surface area contributed by atoms with Crippen LogP contribution in [0, 0.1) is 5.92 Å². The first-order chi connectivity index (χ1) is 7.16. The molecule has 4 heteroatoms. The van der Waals surface area contributed by atoms with Crippen molar-refractivity contribution in [3.8, 4) is 0 Å². The maximum Gasteiger partial charge on any atom is 0.270 e. The molecule has 80 valence electrons. The van der Waals surface area contributed by atoms with Gasteiger partial charge in [0.15, 0.2) is 0 Å². The summed E-state index contributed by atoms with van der Waals surface area (Å²) in [6, 6.07) is 3.50. The highest BCUT2D eigenvalue weighted by Gasteiger charge is 2.29. The van der Waals surface area contributed by atoms with Crippen LogP contribution in [0.1, 0.15) is 30.3 Å². The molecule has 1 aliphatic carbocycles. The molecular weight excluding hydrogens is 190 g/mol. The lowest BCUT2D eigenvalue weighted by atomic mass is 10.2. The average molecular weight is 205 g/mol. The maximum absolute atomic E-state index is 11.7. The van der Waals surface area contributed by atoms with Crippen LogP contribution in [0.25, 0.3) is 0 Å². The average Bonchev–Trinajstić information content (AvgIpc) is 3.00. The SMILES string of the molecule is CC(NC(=O)c1cc(N)ccn1)C1CC1. The maximum atomic E-state index is 11.7. The van der Waals surface area contributed by atoms with Crippen LogP contribution in [0.5, 0.6) is 0 Å². The molecule has 0 saturated heterocycles. The lowest BCUT2D eigenvalue weighted by Gasteiger charge is -2.12. The Bertz CT molecular complexity index is 374. The van der Waals surface area contributed by atoms with Crippen molar-refractivity contribution in [2.24, 2.45) is 5.92 Å². The van der Waals surface area contributed by atoms with Gasteiger partial charge in [-0.15, -0.1) is 0 Å². The molecule has 2 rings (SSSR count). The van der Waals surface area contributed by atoms with Crippen LogP contribution in [0.4, 0.5) is 5.69 Å². The third kappa shape index (κ3) is 2.46. The molecule has 15 heavy (non-hydrogen) atoms. The highest BCUT2D eigenvalue weighted by atomic mass is 16.1. The first-order valence-electron chi connectivity index (χ1n) is 5.19.